The molecule has 4 heteroatoms. The predicted molar refractivity (Wildman–Crippen MR) is 74.6 cm³/mol. The number of hydrogen-bond donors (Lipinski definition) is 1. The molecule has 0 aromatic heterocycles. The van der Waals surface area contributed by atoms with E-state index in [1.54, 1.807) is 12.1 Å². The molecule has 19 heavy (non-hydrogen) atoms. The fourth-order valence-corrected chi connectivity index (χ4v) is 2.74. The molecule has 0 bridgehead atoms. The number of nitriles is 1. The number of nitrogens with one attached hydrogen (secondary N) is 1. The van der Waals surface area contributed by atoms with Crippen LogP contribution in [0.4, 0.5) is 10.1 Å². The number of nitrogens with zero attached hydrogens (tertiary/aromatic N) is 2. The third-order valence-corrected chi connectivity index (χ3v) is 3.74. The largest absolute Gasteiger partial charge is 0.366 e. The average Bonchev–Trinajstić information content (AvgIpc) is 2.45. The lowest BCUT2D eigenvalue weighted by molar-refractivity contribution is 0.428. The maximum Gasteiger partial charge on any atom is 0.147 e. The molecule has 3 nitrogen and oxygen atoms in total. The highest BCUT2D eigenvalue weighted by Crippen LogP contribution is 2.29. The molecule has 0 aliphatic carbocycles. The first-order valence-electron chi connectivity index (χ1n) is 6.87. The van der Waals surface area contributed by atoms with Gasteiger partial charge in [0.2, 0.25) is 0 Å². The highest BCUT2D eigenvalue weighted by atomic mass is 19.1. The van der Waals surface area contributed by atoms with E-state index in [0.717, 1.165) is 32.4 Å². The van der Waals surface area contributed by atoms with E-state index in [9.17, 15) is 4.39 Å². The fourth-order valence-electron chi connectivity index (χ4n) is 2.74. The number of anilines is 1. The van der Waals surface area contributed by atoms with Crippen LogP contribution in [0.3, 0.4) is 0 Å². The van der Waals surface area contributed by atoms with E-state index in [1.165, 1.54) is 12.5 Å². The van der Waals surface area contributed by atoms with E-state index in [1.807, 2.05) is 13.1 Å². The summed E-state index contributed by atoms with van der Waals surface area (Å²) in [5.41, 5.74) is 1.02. The number of benzene rings is 1. The first-order chi connectivity index (χ1) is 9.26. The Balaban J connectivity index is 2.19. The van der Waals surface area contributed by atoms with Crippen LogP contribution in [0.1, 0.15) is 31.2 Å². The summed E-state index contributed by atoms with van der Waals surface area (Å²) in [6, 6.07) is 7.14. The van der Waals surface area contributed by atoms with Crippen molar-refractivity contribution >= 4 is 5.69 Å². The molecule has 1 N–H and O–H groups in total. The van der Waals surface area contributed by atoms with Gasteiger partial charge in [0.1, 0.15) is 5.82 Å². The van der Waals surface area contributed by atoms with Gasteiger partial charge in [0.05, 0.1) is 17.3 Å². The second-order valence-corrected chi connectivity index (χ2v) is 5.01. The highest BCUT2D eigenvalue weighted by Gasteiger charge is 2.24. The van der Waals surface area contributed by atoms with Gasteiger partial charge < -0.3 is 10.2 Å². The van der Waals surface area contributed by atoms with Gasteiger partial charge in [-0.1, -0.05) is 0 Å². The van der Waals surface area contributed by atoms with Crippen LogP contribution in [0.2, 0.25) is 0 Å². The zero-order valence-electron chi connectivity index (χ0n) is 11.3. The molecule has 1 atom stereocenters. The third kappa shape index (κ3) is 3.24. The molecule has 102 valence electrons. The highest BCUT2D eigenvalue weighted by molar-refractivity contribution is 5.52. The molecule has 0 spiro atoms. The van der Waals surface area contributed by atoms with Crippen LogP contribution in [-0.2, 0) is 0 Å². The van der Waals surface area contributed by atoms with Crippen LogP contribution in [0, 0.1) is 17.1 Å². The lowest BCUT2D eigenvalue weighted by Gasteiger charge is -2.38. The molecule has 1 unspecified atom stereocenters. The summed E-state index contributed by atoms with van der Waals surface area (Å²) in [6.45, 7) is 1.84. The second kappa shape index (κ2) is 6.53. The smallest absolute Gasteiger partial charge is 0.147 e. The maximum atomic E-state index is 14.1. The summed E-state index contributed by atoms with van der Waals surface area (Å²) in [6.07, 6.45) is 4.45. The van der Waals surface area contributed by atoms with Crippen molar-refractivity contribution in [3.05, 3.63) is 29.6 Å². The molecule has 1 aromatic rings. The van der Waals surface area contributed by atoms with E-state index in [-0.39, 0.29) is 5.82 Å². The molecule has 1 saturated heterocycles. The summed E-state index contributed by atoms with van der Waals surface area (Å²) in [4.78, 5) is 2.16. The summed E-state index contributed by atoms with van der Waals surface area (Å²) < 4.78 is 14.1. The Hall–Kier alpha value is -1.60. The van der Waals surface area contributed by atoms with Gasteiger partial charge >= 0.3 is 0 Å². The minimum absolute atomic E-state index is 0.282. The minimum Gasteiger partial charge on any atom is -0.366 e. The zero-order valence-corrected chi connectivity index (χ0v) is 11.3. The molecule has 0 saturated carbocycles. The maximum absolute atomic E-state index is 14.1. The van der Waals surface area contributed by atoms with Crippen molar-refractivity contribution < 1.29 is 4.39 Å². The molecular weight excluding hydrogens is 241 g/mol. The lowest BCUT2D eigenvalue weighted by atomic mass is 9.98. The molecule has 2 rings (SSSR count). The number of rotatable bonds is 4. The Bertz CT molecular complexity index is 467. The first kappa shape index (κ1) is 13.8. The zero-order chi connectivity index (χ0) is 13.7. The standard InChI is InChI=1S/C15H20FN3/c1-18-8-7-13-4-2-3-9-19(13)15-6-5-12(11-17)10-14(15)16/h5-6,10,13,18H,2-4,7-9H2,1H3. The van der Waals surface area contributed by atoms with Gasteiger partial charge in [0.25, 0.3) is 0 Å². The normalized spacial score (nSPS) is 19.2. The second-order valence-electron chi connectivity index (χ2n) is 5.01. The van der Waals surface area contributed by atoms with Gasteiger partial charge in [-0.2, -0.15) is 5.26 Å². The topological polar surface area (TPSA) is 39.1 Å². The van der Waals surface area contributed by atoms with E-state index in [2.05, 4.69) is 10.2 Å². The lowest BCUT2D eigenvalue weighted by Crippen LogP contribution is -2.41. The van der Waals surface area contributed by atoms with Crippen molar-refractivity contribution in [3.8, 4) is 6.07 Å². The monoisotopic (exact) mass is 261 g/mol. The third-order valence-electron chi connectivity index (χ3n) is 3.74. The van der Waals surface area contributed by atoms with Crippen molar-refractivity contribution in [1.29, 1.82) is 5.26 Å². The Morgan fingerprint density at radius 3 is 3.00 bits per heavy atom. The first-order valence-corrected chi connectivity index (χ1v) is 6.87. The predicted octanol–water partition coefficient (Wildman–Crippen LogP) is 2.67. The van der Waals surface area contributed by atoms with Crippen molar-refractivity contribution in [2.45, 2.75) is 31.7 Å². The summed E-state index contributed by atoms with van der Waals surface area (Å²) in [7, 11) is 1.94. The quantitative estimate of drug-likeness (QED) is 0.905. The van der Waals surface area contributed by atoms with Crippen molar-refractivity contribution in [2.75, 3.05) is 25.0 Å². The summed E-state index contributed by atoms with van der Waals surface area (Å²) >= 11 is 0. The van der Waals surface area contributed by atoms with Crippen LogP contribution in [-0.4, -0.2) is 26.2 Å². The van der Waals surface area contributed by atoms with Gasteiger partial charge in [0.15, 0.2) is 0 Å². The van der Waals surface area contributed by atoms with Gasteiger partial charge in [-0.05, 0) is 57.5 Å². The van der Waals surface area contributed by atoms with Crippen LogP contribution >= 0.6 is 0 Å². The molecule has 0 radical (unpaired) electrons. The number of halogens is 1. The molecule has 1 aliphatic rings. The van der Waals surface area contributed by atoms with E-state index in [4.69, 9.17) is 5.26 Å². The molecule has 1 heterocycles. The average molecular weight is 261 g/mol. The molecular formula is C15H20FN3. The van der Waals surface area contributed by atoms with Gasteiger partial charge in [0, 0.05) is 12.6 Å². The van der Waals surface area contributed by atoms with Gasteiger partial charge in [-0.25, -0.2) is 4.39 Å². The minimum atomic E-state index is -0.282. The van der Waals surface area contributed by atoms with Crippen molar-refractivity contribution in [3.63, 3.8) is 0 Å². The fraction of sp³-hybridized carbons (Fsp3) is 0.533. The van der Waals surface area contributed by atoms with E-state index >= 15 is 0 Å². The summed E-state index contributed by atoms with van der Waals surface area (Å²) in [5, 5.41) is 11.9. The van der Waals surface area contributed by atoms with Crippen LogP contribution < -0.4 is 10.2 Å². The van der Waals surface area contributed by atoms with E-state index < -0.39 is 0 Å². The SMILES string of the molecule is CNCCC1CCCCN1c1ccc(C#N)cc1F. The Morgan fingerprint density at radius 2 is 2.32 bits per heavy atom. The van der Waals surface area contributed by atoms with Crippen molar-refractivity contribution in [1.82, 2.24) is 5.32 Å². The van der Waals surface area contributed by atoms with Gasteiger partial charge in [-0.3, -0.25) is 0 Å². The Morgan fingerprint density at radius 1 is 1.47 bits per heavy atom. The Labute approximate surface area is 114 Å². The molecule has 1 aromatic carbocycles. The molecule has 1 fully saturated rings. The number of hydrogen-bond acceptors (Lipinski definition) is 3. The van der Waals surface area contributed by atoms with Crippen LogP contribution in [0.25, 0.3) is 0 Å². The van der Waals surface area contributed by atoms with Crippen LogP contribution in [0.15, 0.2) is 18.2 Å². The van der Waals surface area contributed by atoms with Gasteiger partial charge in [-0.15, -0.1) is 0 Å². The molecule has 0 amide bonds. The van der Waals surface area contributed by atoms with E-state index in [0.29, 0.717) is 17.3 Å². The van der Waals surface area contributed by atoms with Crippen LogP contribution in [0.5, 0.6) is 0 Å². The Kier molecular flexibility index (Phi) is 4.75. The van der Waals surface area contributed by atoms with Crippen molar-refractivity contribution in [2.24, 2.45) is 0 Å². The summed E-state index contributed by atoms with van der Waals surface area (Å²) in [5.74, 6) is -0.282. The molecule has 1 aliphatic heterocycles. The number of piperidine rings is 1.